The minimum Gasteiger partial charge on any atom is -0.399 e. The zero-order chi connectivity index (χ0) is 14.4. The maximum absolute atomic E-state index is 12.1. The summed E-state index contributed by atoms with van der Waals surface area (Å²) in [5, 5.41) is 2.96. The van der Waals surface area contributed by atoms with Gasteiger partial charge in [-0.15, -0.1) is 0 Å². The van der Waals surface area contributed by atoms with Crippen LogP contribution in [-0.2, 0) is 0 Å². The third-order valence-corrected chi connectivity index (χ3v) is 3.04. The molecule has 0 saturated heterocycles. The average molecular weight is 264 g/mol. The Morgan fingerprint density at radius 1 is 1.21 bits per heavy atom. The Bertz CT molecular complexity index is 409. The zero-order valence-corrected chi connectivity index (χ0v) is 11.9. The summed E-state index contributed by atoms with van der Waals surface area (Å²) in [5.74, 6) is -0.140. The normalized spacial score (nSPS) is 12.4. The summed E-state index contributed by atoms with van der Waals surface area (Å²) < 4.78 is 0. The molecule has 0 bridgehead atoms. The van der Waals surface area contributed by atoms with Crippen molar-refractivity contribution in [1.82, 2.24) is 10.2 Å². The molecule has 19 heavy (non-hydrogen) atoms. The van der Waals surface area contributed by atoms with Crippen molar-refractivity contribution in [3.63, 3.8) is 0 Å². The first-order valence-corrected chi connectivity index (χ1v) is 6.65. The van der Waals surface area contributed by atoms with E-state index in [4.69, 9.17) is 11.5 Å². The van der Waals surface area contributed by atoms with Crippen molar-refractivity contribution < 1.29 is 4.79 Å². The van der Waals surface area contributed by atoms with Gasteiger partial charge >= 0.3 is 0 Å². The first-order valence-electron chi connectivity index (χ1n) is 6.65. The van der Waals surface area contributed by atoms with Crippen molar-refractivity contribution in [3.05, 3.63) is 23.8 Å². The second-order valence-corrected chi connectivity index (χ2v) is 4.75. The Morgan fingerprint density at radius 3 is 2.21 bits per heavy atom. The molecule has 0 aliphatic heterocycles. The molecule has 0 aliphatic carbocycles. The fourth-order valence-electron chi connectivity index (χ4n) is 2.03. The average Bonchev–Trinajstić information content (AvgIpc) is 2.34. The van der Waals surface area contributed by atoms with Crippen molar-refractivity contribution >= 4 is 17.3 Å². The van der Waals surface area contributed by atoms with Gasteiger partial charge in [-0.1, -0.05) is 13.8 Å². The summed E-state index contributed by atoms with van der Waals surface area (Å²) in [6, 6.07) is 4.98. The summed E-state index contributed by atoms with van der Waals surface area (Å²) in [5.41, 5.74) is 12.9. The molecule has 1 aromatic rings. The second kappa shape index (κ2) is 6.99. The van der Waals surface area contributed by atoms with Crippen molar-refractivity contribution in [3.8, 4) is 0 Å². The smallest absolute Gasteiger partial charge is 0.251 e. The lowest BCUT2D eigenvalue weighted by molar-refractivity contribution is 0.0930. The van der Waals surface area contributed by atoms with E-state index in [1.54, 1.807) is 18.2 Å². The lowest BCUT2D eigenvalue weighted by Crippen LogP contribution is -2.41. The lowest BCUT2D eigenvalue weighted by Gasteiger charge is -2.23. The summed E-state index contributed by atoms with van der Waals surface area (Å²) >= 11 is 0. The predicted octanol–water partition coefficient (Wildman–Crippen LogP) is 1.31. The van der Waals surface area contributed by atoms with Crippen LogP contribution in [0.1, 0.15) is 31.1 Å². The number of nitrogens with two attached hydrogens (primary N) is 2. The minimum atomic E-state index is -0.140. The van der Waals surface area contributed by atoms with Gasteiger partial charge in [-0.25, -0.2) is 0 Å². The number of carbonyl (C=O) groups excluding carboxylic acids is 1. The van der Waals surface area contributed by atoms with Gasteiger partial charge in [0.05, 0.1) is 0 Å². The molecule has 5 N–H and O–H groups in total. The number of nitrogens with one attached hydrogen (secondary N) is 1. The summed E-state index contributed by atoms with van der Waals surface area (Å²) in [6.45, 7) is 8.99. The van der Waals surface area contributed by atoms with Gasteiger partial charge < -0.3 is 21.7 Å². The van der Waals surface area contributed by atoms with E-state index in [-0.39, 0.29) is 11.9 Å². The van der Waals surface area contributed by atoms with Crippen LogP contribution in [0.2, 0.25) is 0 Å². The number of amides is 1. The predicted molar refractivity (Wildman–Crippen MR) is 80.0 cm³/mol. The largest absolute Gasteiger partial charge is 0.399 e. The van der Waals surface area contributed by atoms with Crippen LogP contribution in [0.3, 0.4) is 0 Å². The lowest BCUT2D eigenvalue weighted by atomic mass is 10.1. The van der Waals surface area contributed by atoms with Gasteiger partial charge in [0, 0.05) is 29.5 Å². The summed E-state index contributed by atoms with van der Waals surface area (Å²) in [6.07, 6.45) is 0. The molecular formula is C14H24N4O. The van der Waals surface area contributed by atoms with E-state index in [9.17, 15) is 4.79 Å². The van der Waals surface area contributed by atoms with Gasteiger partial charge in [-0.05, 0) is 38.2 Å². The standard InChI is InChI=1S/C14H24N4O/c1-4-18(5-2)9-10(3)17-14(19)11-6-12(15)8-13(16)7-11/h6-8,10H,4-5,9,15-16H2,1-3H3,(H,17,19). The van der Waals surface area contributed by atoms with Crippen LogP contribution in [-0.4, -0.2) is 36.5 Å². The molecule has 5 heteroatoms. The van der Waals surface area contributed by atoms with Gasteiger partial charge in [-0.3, -0.25) is 4.79 Å². The Kier molecular flexibility index (Phi) is 5.63. The molecule has 1 amide bonds. The monoisotopic (exact) mass is 264 g/mol. The maximum Gasteiger partial charge on any atom is 0.251 e. The quantitative estimate of drug-likeness (QED) is 0.676. The van der Waals surface area contributed by atoms with Crippen LogP contribution >= 0.6 is 0 Å². The third-order valence-electron chi connectivity index (χ3n) is 3.04. The van der Waals surface area contributed by atoms with Crippen molar-refractivity contribution in [2.24, 2.45) is 0 Å². The van der Waals surface area contributed by atoms with E-state index in [1.807, 2.05) is 6.92 Å². The van der Waals surface area contributed by atoms with E-state index in [1.165, 1.54) is 0 Å². The fourth-order valence-corrected chi connectivity index (χ4v) is 2.03. The van der Waals surface area contributed by atoms with Crippen LogP contribution in [0.5, 0.6) is 0 Å². The second-order valence-electron chi connectivity index (χ2n) is 4.75. The number of benzene rings is 1. The minimum absolute atomic E-state index is 0.0788. The van der Waals surface area contributed by atoms with E-state index >= 15 is 0 Å². The number of hydrogen-bond donors (Lipinski definition) is 3. The molecule has 0 radical (unpaired) electrons. The molecular weight excluding hydrogens is 240 g/mol. The number of nitrogen functional groups attached to an aromatic ring is 2. The molecule has 0 spiro atoms. The van der Waals surface area contributed by atoms with E-state index in [2.05, 4.69) is 24.1 Å². The van der Waals surface area contributed by atoms with Gasteiger partial charge in [0.1, 0.15) is 0 Å². The molecule has 1 unspecified atom stereocenters. The van der Waals surface area contributed by atoms with E-state index in [0.717, 1.165) is 19.6 Å². The highest BCUT2D eigenvalue weighted by molar-refractivity contribution is 5.96. The molecule has 0 aromatic heterocycles. The molecule has 0 fully saturated rings. The fraction of sp³-hybridized carbons (Fsp3) is 0.500. The van der Waals surface area contributed by atoms with Gasteiger partial charge in [0.2, 0.25) is 0 Å². The first-order chi connectivity index (χ1) is 8.96. The maximum atomic E-state index is 12.1. The molecule has 0 heterocycles. The van der Waals surface area contributed by atoms with Crippen molar-refractivity contribution in [1.29, 1.82) is 0 Å². The van der Waals surface area contributed by atoms with E-state index < -0.39 is 0 Å². The van der Waals surface area contributed by atoms with E-state index in [0.29, 0.717) is 16.9 Å². The Hall–Kier alpha value is -1.75. The number of hydrogen-bond acceptors (Lipinski definition) is 4. The van der Waals surface area contributed by atoms with Crippen molar-refractivity contribution in [2.45, 2.75) is 26.8 Å². The van der Waals surface area contributed by atoms with Crippen LogP contribution in [0.15, 0.2) is 18.2 Å². The number of rotatable bonds is 6. The molecule has 5 nitrogen and oxygen atoms in total. The number of anilines is 2. The highest BCUT2D eigenvalue weighted by Gasteiger charge is 2.12. The number of likely N-dealkylation sites (N-methyl/N-ethyl adjacent to an activating group) is 1. The molecule has 0 aliphatic rings. The SMILES string of the molecule is CCN(CC)CC(C)NC(=O)c1cc(N)cc(N)c1. The molecule has 0 saturated carbocycles. The Labute approximate surface area is 115 Å². The highest BCUT2D eigenvalue weighted by atomic mass is 16.1. The topological polar surface area (TPSA) is 84.4 Å². The molecule has 106 valence electrons. The Balaban J connectivity index is 2.63. The van der Waals surface area contributed by atoms with Gasteiger partial charge in [0.15, 0.2) is 0 Å². The molecule has 1 aromatic carbocycles. The van der Waals surface area contributed by atoms with Crippen LogP contribution < -0.4 is 16.8 Å². The van der Waals surface area contributed by atoms with Gasteiger partial charge in [0.25, 0.3) is 5.91 Å². The van der Waals surface area contributed by atoms with Gasteiger partial charge in [-0.2, -0.15) is 0 Å². The van der Waals surface area contributed by atoms with Crippen molar-refractivity contribution in [2.75, 3.05) is 31.1 Å². The molecule has 1 atom stereocenters. The van der Waals surface area contributed by atoms with Crippen LogP contribution in [0.4, 0.5) is 11.4 Å². The number of carbonyl (C=O) groups is 1. The summed E-state index contributed by atoms with van der Waals surface area (Å²) in [4.78, 5) is 14.3. The summed E-state index contributed by atoms with van der Waals surface area (Å²) in [7, 11) is 0. The number of nitrogens with zero attached hydrogens (tertiary/aromatic N) is 1. The highest BCUT2D eigenvalue weighted by Crippen LogP contribution is 2.13. The molecule has 1 rings (SSSR count). The Morgan fingerprint density at radius 2 is 1.74 bits per heavy atom. The third kappa shape index (κ3) is 4.79. The van der Waals surface area contributed by atoms with Crippen LogP contribution in [0.25, 0.3) is 0 Å². The first kappa shape index (κ1) is 15.3. The zero-order valence-electron chi connectivity index (χ0n) is 11.9. The van der Waals surface area contributed by atoms with Crippen LogP contribution in [0, 0.1) is 0 Å².